The molecular formula is C7H8ClIN2OS. The van der Waals surface area contributed by atoms with Crippen LogP contribution >= 0.6 is 46.0 Å². The number of hydrogen-bond acceptors (Lipinski definition) is 3. The molecule has 0 aliphatic heterocycles. The molecule has 0 N–H and O–H groups in total. The first-order valence-electron chi connectivity index (χ1n) is 3.56. The van der Waals surface area contributed by atoms with E-state index in [2.05, 4.69) is 4.98 Å². The summed E-state index contributed by atoms with van der Waals surface area (Å²) in [5.74, 6) is 0.902. The fraction of sp³-hybridized carbons (Fsp3) is 0.429. The second-order valence-electron chi connectivity index (χ2n) is 2.34. The molecule has 0 unspecified atom stereocenters. The van der Waals surface area contributed by atoms with Crippen molar-refractivity contribution in [2.24, 2.45) is 0 Å². The molecule has 6 heteroatoms. The van der Waals surface area contributed by atoms with E-state index in [0.717, 1.165) is 5.75 Å². The lowest BCUT2D eigenvalue weighted by Gasteiger charge is -2.04. The summed E-state index contributed by atoms with van der Waals surface area (Å²) < 4.78 is 2.06. The molecule has 1 heterocycles. The number of hydrogen-bond donors (Lipinski definition) is 0. The Balaban J connectivity index is 2.97. The zero-order chi connectivity index (χ0) is 9.84. The first-order valence-corrected chi connectivity index (χ1v) is 6.41. The van der Waals surface area contributed by atoms with Crippen molar-refractivity contribution in [1.82, 2.24) is 9.55 Å². The second kappa shape index (κ2) is 5.21. The molecule has 1 rings (SSSR count). The van der Waals surface area contributed by atoms with Crippen molar-refractivity contribution in [1.29, 1.82) is 0 Å². The van der Waals surface area contributed by atoms with Gasteiger partial charge in [0.2, 0.25) is 0 Å². The molecule has 0 saturated heterocycles. The minimum absolute atomic E-state index is 0.0605. The first-order chi connectivity index (χ1) is 6.16. The molecule has 0 amide bonds. The third-order valence-electron chi connectivity index (χ3n) is 1.48. The van der Waals surface area contributed by atoms with Gasteiger partial charge in [0.25, 0.3) is 5.56 Å². The fourth-order valence-electron chi connectivity index (χ4n) is 0.793. The highest BCUT2D eigenvalue weighted by atomic mass is 127. The maximum Gasteiger partial charge on any atom is 0.268 e. The lowest BCUT2D eigenvalue weighted by Crippen LogP contribution is -2.24. The van der Waals surface area contributed by atoms with E-state index in [0.29, 0.717) is 10.1 Å². The molecule has 0 radical (unpaired) electrons. The lowest BCUT2D eigenvalue weighted by molar-refractivity contribution is 0.709. The summed E-state index contributed by atoms with van der Waals surface area (Å²) >= 11 is 9.29. The van der Waals surface area contributed by atoms with Crippen molar-refractivity contribution in [3.8, 4) is 0 Å². The van der Waals surface area contributed by atoms with Crippen molar-refractivity contribution in [3.05, 3.63) is 25.4 Å². The van der Waals surface area contributed by atoms with Gasteiger partial charge in [-0.1, -0.05) is 11.6 Å². The zero-order valence-corrected chi connectivity index (χ0v) is 10.7. The molecule has 0 aliphatic carbocycles. The van der Waals surface area contributed by atoms with Gasteiger partial charge in [-0.25, -0.2) is 4.98 Å². The van der Waals surface area contributed by atoms with Crippen LogP contribution in [-0.4, -0.2) is 21.6 Å². The van der Waals surface area contributed by atoms with Gasteiger partial charge in [-0.05, 0) is 28.8 Å². The smallest absolute Gasteiger partial charge is 0.268 e. The summed E-state index contributed by atoms with van der Waals surface area (Å²) in [7, 11) is 0. The number of rotatable bonds is 3. The summed E-state index contributed by atoms with van der Waals surface area (Å²) in [5, 5.41) is 0.283. The van der Waals surface area contributed by atoms with Crippen LogP contribution in [0.2, 0.25) is 5.15 Å². The van der Waals surface area contributed by atoms with Crippen LogP contribution in [0.1, 0.15) is 0 Å². The van der Waals surface area contributed by atoms with Gasteiger partial charge in [0.1, 0.15) is 8.72 Å². The maximum atomic E-state index is 11.5. The fourth-order valence-corrected chi connectivity index (χ4v) is 1.75. The predicted octanol–water partition coefficient (Wildman–Crippen LogP) is 1.86. The van der Waals surface area contributed by atoms with E-state index >= 15 is 0 Å². The molecule has 1 aromatic heterocycles. The Bertz CT molecular complexity index is 355. The van der Waals surface area contributed by atoms with E-state index < -0.39 is 0 Å². The standard InChI is InChI=1S/C7H8ClIN2OS/c1-13-3-2-11-4-10-6(8)5(9)7(11)12/h4H,2-3H2,1H3. The monoisotopic (exact) mass is 330 g/mol. The van der Waals surface area contributed by atoms with Gasteiger partial charge < -0.3 is 0 Å². The predicted molar refractivity (Wildman–Crippen MR) is 64.6 cm³/mol. The maximum absolute atomic E-state index is 11.5. The van der Waals surface area contributed by atoms with Crippen LogP contribution in [0.4, 0.5) is 0 Å². The van der Waals surface area contributed by atoms with E-state index in [1.807, 2.05) is 28.8 Å². The Morgan fingerprint density at radius 3 is 3.08 bits per heavy atom. The summed E-state index contributed by atoms with van der Waals surface area (Å²) in [6, 6.07) is 0. The van der Waals surface area contributed by atoms with Crippen molar-refractivity contribution >= 4 is 46.0 Å². The van der Waals surface area contributed by atoms with Crippen LogP contribution < -0.4 is 5.56 Å². The summed E-state index contributed by atoms with van der Waals surface area (Å²) in [6.07, 6.45) is 3.49. The number of halogens is 2. The van der Waals surface area contributed by atoms with Gasteiger partial charge in [0.15, 0.2) is 0 Å². The van der Waals surface area contributed by atoms with Crippen LogP contribution in [0.5, 0.6) is 0 Å². The minimum atomic E-state index is -0.0605. The molecular weight excluding hydrogens is 323 g/mol. The van der Waals surface area contributed by atoms with Gasteiger partial charge in [-0.3, -0.25) is 9.36 Å². The highest BCUT2D eigenvalue weighted by Gasteiger charge is 2.05. The molecule has 0 saturated carbocycles. The molecule has 3 nitrogen and oxygen atoms in total. The van der Waals surface area contributed by atoms with E-state index in [-0.39, 0.29) is 10.7 Å². The van der Waals surface area contributed by atoms with E-state index in [1.165, 1.54) is 6.33 Å². The number of nitrogens with zero attached hydrogens (tertiary/aromatic N) is 2. The van der Waals surface area contributed by atoms with Gasteiger partial charge >= 0.3 is 0 Å². The third-order valence-corrected chi connectivity index (χ3v) is 3.65. The van der Waals surface area contributed by atoms with Crippen molar-refractivity contribution < 1.29 is 0 Å². The largest absolute Gasteiger partial charge is 0.297 e. The first kappa shape index (κ1) is 11.3. The number of thioether (sulfide) groups is 1. The quantitative estimate of drug-likeness (QED) is 0.627. The highest BCUT2D eigenvalue weighted by Crippen LogP contribution is 2.09. The highest BCUT2D eigenvalue weighted by molar-refractivity contribution is 14.1. The molecule has 13 heavy (non-hydrogen) atoms. The van der Waals surface area contributed by atoms with E-state index in [9.17, 15) is 4.79 Å². The molecule has 0 spiro atoms. The SMILES string of the molecule is CSCCn1cnc(Cl)c(I)c1=O. The normalized spacial score (nSPS) is 10.4. The topological polar surface area (TPSA) is 34.9 Å². The summed E-state index contributed by atoms with van der Waals surface area (Å²) in [5.41, 5.74) is -0.0605. The molecule has 0 atom stereocenters. The van der Waals surface area contributed by atoms with Gasteiger partial charge in [0, 0.05) is 12.3 Å². The molecule has 1 aromatic rings. The number of aromatic nitrogens is 2. The van der Waals surface area contributed by atoms with Crippen molar-refractivity contribution in [3.63, 3.8) is 0 Å². The van der Waals surface area contributed by atoms with Crippen LogP contribution in [0, 0.1) is 3.57 Å². The van der Waals surface area contributed by atoms with E-state index in [4.69, 9.17) is 11.6 Å². The van der Waals surface area contributed by atoms with Crippen LogP contribution in [0.25, 0.3) is 0 Å². The minimum Gasteiger partial charge on any atom is -0.297 e. The van der Waals surface area contributed by atoms with Crippen LogP contribution in [0.3, 0.4) is 0 Å². The van der Waals surface area contributed by atoms with Crippen LogP contribution in [0.15, 0.2) is 11.1 Å². The Labute approximate surface area is 99.0 Å². The van der Waals surface area contributed by atoms with Crippen molar-refractivity contribution in [2.75, 3.05) is 12.0 Å². The van der Waals surface area contributed by atoms with E-state index in [1.54, 1.807) is 16.3 Å². The second-order valence-corrected chi connectivity index (χ2v) is 4.76. The van der Waals surface area contributed by atoms with Gasteiger partial charge in [0.05, 0.1) is 6.33 Å². The number of aryl methyl sites for hydroxylation is 1. The summed E-state index contributed by atoms with van der Waals surface area (Å²) in [6.45, 7) is 0.681. The molecule has 0 fully saturated rings. The van der Waals surface area contributed by atoms with Gasteiger partial charge in [-0.2, -0.15) is 11.8 Å². The summed E-state index contributed by atoms with van der Waals surface area (Å²) in [4.78, 5) is 15.4. The Morgan fingerprint density at radius 1 is 1.77 bits per heavy atom. The Hall–Kier alpha value is 0.250. The Kier molecular flexibility index (Phi) is 4.54. The molecule has 0 aromatic carbocycles. The Morgan fingerprint density at radius 2 is 2.46 bits per heavy atom. The zero-order valence-electron chi connectivity index (χ0n) is 6.96. The van der Waals surface area contributed by atoms with Crippen LogP contribution in [-0.2, 0) is 6.54 Å². The molecule has 0 bridgehead atoms. The lowest BCUT2D eigenvalue weighted by atomic mass is 10.6. The average molecular weight is 331 g/mol. The van der Waals surface area contributed by atoms with Crippen molar-refractivity contribution in [2.45, 2.75) is 6.54 Å². The molecule has 0 aliphatic rings. The van der Waals surface area contributed by atoms with Gasteiger partial charge in [-0.15, -0.1) is 0 Å². The molecule has 72 valence electrons. The average Bonchev–Trinajstić information content (AvgIpc) is 2.13. The third kappa shape index (κ3) is 2.85.